The Morgan fingerprint density at radius 3 is 2.34 bits per heavy atom. The highest BCUT2D eigenvalue weighted by atomic mass is 35.5. The molecule has 0 spiro atoms. The smallest absolute Gasteiger partial charge is 0.250 e. The van der Waals surface area contributed by atoms with Gasteiger partial charge in [0.25, 0.3) is 0 Å². The molecule has 1 aromatic carbocycles. The van der Waals surface area contributed by atoms with E-state index in [4.69, 9.17) is 32.7 Å². The highest BCUT2D eigenvalue weighted by molar-refractivity contribution is 6.41. The van der Waals surface area contributed by atoms with Gasteiger partial charge in [-0.3, -0.25) is 0 Å². The second-order valence-corrected chi connectivity index (χ2v) is 8.22. The fourth-order valence-corrected chi connectivity index (χ4v) is 4.46. The SMILES string of the molecule is CNc1ncc2cc(-c3c(Cl)c(OC)cc(OC)c3Cl)nc(NC3CCC(F)(F)C3)c2n1. The number of ether oxygens (including phenoxy) is 2. The van der Waals surface area contributed by atoms with E-state index in [1.165, 1.54) is 14.2 Å². The van der Waals surface area contributed by atoms with Gasteiger partial charge in [-0.1, -0.05) is 23.2 Å². The molecule has 1 unspecified atom stereocenters. The van der Waals surface area contributed by atoms with Crippen molar-refractivity contribution in [2.45, 2.75) is 31.2 Å². The van der Waals surface area contributed by atoms with Crippen LogP contribution in [0.3, 0.4) is 0 Å². The van der Waals surface area contributed by atoms with E-state index in [-0.39, 0.29) is 22.9 Å². The van der Waals surface area contributed by atoms with E-state index in [1.807, 2.05) is 0 Å². The summed E-state index contributed by atoms with van der Waals surface area (Å²) in [4.78, 5) is 13.4. The van der Waals surface area contributed by atoms with Gasteiger partial charge in [0.05, 0.1) is 30.0 Å². The van der Waals surface area contributed by atoms with Gasteiger partial charge in [0.1, 0.15) is 17.0 Å². The molecule has 1 aliphatic carbocycles. The number of pyridine rings is 1. The summed E-state index contributed by atoms with van der Waals surface area (Å²) in [5.41, 5.74) is 1.28. The van der Waals surface area contributed by atoms with Gasteiger partial charge < -0.3 is 20.1 Å². The van der Waals surface area contributed by atoms with Crippen LogP contribution >= 0.6 is 23.2 Å². The number of nitrogens with one attached hydrogen (secondary N) is 2. The van der Waals surface area contributed by atoms with E-state index in [1.54, 1.807) is 25.4 Å². The highest BCUT2D eigenvalue weighted by Gasteiger charge is 2.39. The first-order valence-corrected chi connectivity index (χ1v) is 10.6. The number of methoxy groups -OCH3 is 2. The fraction of sp³-hybridized carbons (Fsp3) is 0.381. The highest BCUT2D eigenvalue weighted by Crippen LogP contribution is 2.46. The van der Waals surface area contributed by atoms with Gasteiger partial charge in [-0.2, -0.15) is 0 Å². The maximum atomic E-state index is 13.8. The lowest BCUT2D eigenvalue weighted by atomic mass is 10.1. The average molecular weight is 484 g/mol. The zero-order chi connectivity index (χ0) is 23.0. The van der Waals surface area contributed by atoms with Crippen LogP contribution in [0.25, 0.3) is 22.2 Å². The molecule has 0 amide bonds. The van der Waals surface area contributed by atoms with Crippen molar-refractivity contribution >= 4 is 45.9 Å². The minimum absolute atomic E-state index is 0.177. The number of fused-ring (bicyclic) bond motifs is 1. The molecule has 2 aromatic heterocycles. The van der Waals surface area contributed by atoms with E-state index in [0.29, 0.717) is 51.8 Å². The molecular weight excluding hydrogens is 463 g/mol. The van der Waals surface area contributed by atoms with Gasteiger partial charge in [-0.05, 0) is 12.5 Å². The standard InChI is InChI=1S/C21H21Cl2F2N5O2/c1-26-20-27-9-10-6-12(15-16(22)13(31-2)7-14(32-3)17(15)23)29-19(18(10)30-20)28-11-4-5-21(24,25)8-11/h6-7,9,11H,4-5,8H2,1-3H3,(H,28,29)(H,26,27,30). The second kappa shape index (κ2) is 8.71. The normalized spacial score (nSPS) is 17.4. The molecule has 4 rings (SSSR count). The number of alkyl halides is 2. The topological polar surface area (TPSA) is 81.2 Å². The molecule has 1 fully saturated rings. The lowest BCUT2D eigenvalue weighted by Crippen LogP contribution is -2.20. The predicted molar refractivity (Wildman–Crippen MR) is 122 cm³/mol. The van der Waals surface area contributed by atoms with Gasteiger partial charge in [0.2, 0.25) is 11.9 Å². The van der Waals surface area contributed by atoms with Crippen molar-refractivity contribution in [1.82, 2.24) is 15.0 Å². The number of hydrogen-bond acceptors (Lipinski definition) is 7. The lowest BCUT2D eigenvalue weighted by molar-refractivity contribution is 0.00852. The molecule has 32 heavy (non-hydrogen) atoms. The molecule has 0 bridgehead atoms. The van der Waals surface area contributed by atoms with Gasteiger partial charge in [-0.25, -0.2) is 23.7 Å². The molecule has 7 nitrogen and oxygen atoms in total. The Morgan fingerprint density at radius 1 is 1.09 bits per heavy atom. The monoisotopic (exact) mass is 483 g/mol. The summed E-state index contributed by atoms with van der Waals surface area (Å²) >= 11 is 13.1. The van der Waals surface area contributed by atoms with E-state index in [0.717, 1.165) is 0 Å². The molecule has 0 saturated heterocycles. The van der Waals surface area contributed by atoms with Crippen LogP contribution < -0.4 is 20.1 Å². The van der Waals surface area contributed by atoms with Crippen LogP contribution in [0.2, 0.25) is 10.0 Å². The van der Waals surface area contributed by atoms with E-state index in [9.17, 15) is 8.78 Å². The predicted octanol–water partition coefficient (Wildman–Crippen LogP) is 5.66. The molecule has 2 N–H and O–H groups in total. The first-order chi connectivity index (χ1) is 15.3. The number of benzene rings is 1. The fourth-order valence-electron chi connectivity index (χ4n) is 3.77. The second-order valence-electron chi connectivity index (χ2n) is 7.46. The van der Waals surface area contributed by atoms with Crippen molar-refractivity contribution in [2.24, 2.45) is 0 Å². The lowest BCUT2D eigenvalue weighted by Gasteiger charge is -2.18. The number of nitrogens with zero attached hydrogens (tertiary/aromatic N) is 3. The maximum absolute atomic E-state index is 13.8. The third-order valence-electron chi connectivity index (χ3n) is 5.36. The number of hydrogen-bond donors (Lipinski definition) is 2. The maximum Gasteiger partial charge on any atom is 0.250 e. The molecule has 1 aliphatic rings. The Kier molecular flexibility index (Phi) is 6.13. The minimum atomic E-state index is -2.71. The van der Waals surface area contributed by atoms with Crippen molar-refractivity contribution in [2.75, 3.05) is 31.9 Å². The molecule has 1 saturated carbocycles. The molecular formula is C21H21Cl2F2N5O2. The van der Waals surface area contributed by atoms with Gasteiger partial charge in [0.15, 0.2) is 5.82 Å². The summed E-state index contributed by atoms with van der Waals surface area (Å²) in [6.07, 6.45) is 1.48. The van der Waals surface area contributed by atoms with Crippen molar-refractivity contribution in [3.63, 3.8) is 0 Å². The molecule has 1 atom stereocenters. The minimum Gasteiger partial charge on any atom is -0.495 e. The van der Waals surface area contributed by atoms with Crippen LogP contribution in [-0.2, 0) is 0 Å². The van der Waals surface area contributed by atoms with Gasteiger partial charge in [0, 0.05) is 49.1 Å². The van der Waals surface area contributed by atoms with Gasteiger partial charge in [-0.15, -0.1) is 0 Å². The Bertz CT molecular complexity index is 1150. The van der Waals surface area contributed by atoms with Crippen molar-refractivity contribution in [1.29, 1.82) is 0 Å². The third kappa shape index (κ3) is 4.19. The largest absolute Gasteiger partial charge is 0.495 e. The molecule has 0 radical (unpaired) electrons. The van der Waals surface area contributed by atoms with Gasteiger partial charge >= 0.3 is 0 Å². The summed E-state index contributed by atoms with van der Waals surface area (Å²) in [6.45, 7) is 0. The van der Waals surface area contributed by atoms with Crippen LogP contribution in [0.5, 0.6) is 11.5 Å². The Morgan fingerprint density at radius 2 is 1.78 bits per heavy atom. The molecule has 11 heteroatoms. The Hall–Kier alpha value is -2.65. The summed E-state index contributed by atoms with van der Waals surface area (Å²) in [7, 11) is 4.65. The third-order valence-corrected chi connectivity index (χ3v) is 6.11. The van der Waals surface area contributed by atoms with Crippen LogP contribution in [0.15, 0.2) is 18.3 Å². The molecule has 2 heterocycles. The van der Waals surface area contributed by atoms with Crippen LogP contribution in [-0.4, -0.2) is 48.2 Å². The number of anilines is 2. The average Bonchev–Trinajstić information content (AvgIpc) is 3.12. The van der Waals surface area contributed by atoms with Crippen LogP contribution in [0, 0.1) is 0 Å². The first kappa shape index (κ1) is 22.5. The quantitative estimate of drug-likeness (QED) is 0.468. The first-order valence-electron chi connectivity index (χ1n) is 9.86. The number of aromatic nitrogens is 3. The van der Waals surface area contributed by atoms with E-state index in [2.05, 4.69) is 25.6 Å². The van der Waals surface area contributed by atoms with E-state index < -0.39 is 12.0 Å². The summed E-state index contributed by atoms with van der Waals surface area (Å²) in [6, 6.07) is 2.86. The molecule has 0 aliphatic heterocycles. The molecule has 170 valence electrons. The Balaban J connectivity index is 1.90. The van der Waals surface area contributed by atoms with Crippen LogP contribution in [0.1, 0.15) is 19.3 Å². The van der Waals surface area contributed by atoms with Crippen molar-refractivity contribution in [3.05, 3.63) is 28.4 Å². The Labute approximate surface area is 193 Å². The zero-order valence-electron chi connectivity index (χ0n) is 17.6. The number of rotatable bonds is 6. The zero-order valence-corrected chi connectivity index (χ0v) is 19.1. The summed E-state index contributed by atoms with van der Waals surface area (Å²) in [5, 5.41) is 7.14. The van der Waals surface area contributed by atoms with Crippen molar-refractivity contribution in [3.8, 4) is 22.8 Å². The number of halogens is 4. The summed E-state index contributed by atoms with van der Waals surface area (Å²) in [5.74, 6) is -1.27. The van der Waals surface area contributed by atoms with Crippen LogP contribution in [0.4, 0.5) is 20.5 Å². The van der Waals surface area contributed by atoms with E-state index >= 15 is 0 Å². The summed E-state index contributed by atoms with van der Waals surface area (Å²) < 4.78 is 38.3. The molecule has 3 aromatic rings. The van der Waals surface area contributed by atoms with Crippen molar-refractivity contribution < 1.29 is 18.3 Å².